The van der Waals surface area contributed by atoms with Crippen molar-refractivity contribution in [1.82, 2.24) is 9.55 Å². The van der Waals surface area contributed by atoms with Gasteiger partial charge < -0.3 is 19.8 Å². The van der Waals surface area contributed by atoms with E-state index < -0.39 is 0 Å². The number of benzene rings is 1. The van der Waals surface area contributed by atoms with Crippen molar-refractivity contribution in [3.63, 3.8) is 0 Å². The summed E-state index contributed by atoms with van der Waals surface area (Å²) in [6.45, 7) is 4.23. The average molecular weight is 281 g/mol. The molecule has 0 fully saturated rings. The number of aromatic nitrogens is 2. The molecule has 0 aliphatic rings. The van der Waals surface area contributed by atoms with Gasteiger partial charge in [0, 0.05) is 26.3 Å². The Morgan fingerprint density at radius 3 is 2.85 bits per heavy atom. The second-order valence-corrected chi connectivity index (χ2v) is 4.67. The molecule has 5 nitrogen and oxygen atoms in total. The zero-order valence-electron chi connectivity index (χ0n) is 11.9. The number of hydrogen-bond acceptors (Lipinski definition) is 4. The highest BCUT2D eigenvalue weighted by molar-refractivity contribution is 5.79. The maximum atomic E-state index is 13.5. The van der Waals surface area contributed by atoms with Gasteiger partial charge in [-0.3, -0.25) is 0 Å². The van der Waals surface area contributed by atoms with E-state index in [2.05, 4.69) is 4.98 Å². The summed E-state index contributed by atoms with van der Waals surface area (Å²) < 4.78 is 25.7. The quantitative estimate of drug-likeness (QED) is 0.790. The summed E-state index contributed by atoms with van der Waals surface area (Å²) in [5.74, 6) is 0.145. The number of halogens is 1. The van der Waals surface area contributed by atoms with Crippen LogP contribution in [0.5, 0.6) is 0 Å². The second-order valence-electron chi connectivity index (χ2n) is 4.67. The number of rotatable bonds is 7. The first-order valence-electron chi connectivity index (χ1n) is 6.62. The van der Waals surface area contributed by atoms with Crippen LogP contribution in [0, 0.1) is 12.7 Å². The lowest BCUT2D eigenvalue weighted by atomic mass is 10.2. The summed E-state index contributed by atoms with van der Waals surface area (Å²) >= 11 is 0. The van der Waals surface area contributed by atoms with Crippen molar-refractivity contribution >= 4 is 17.0 Å². The number of nitrogens with zero attached hydrogens (tertiary/aromatic N) is 2. The Kier molecular flexibility index (Phi) is 4.92. The molecule has 0 aliphatic carbocycles. The van der Waals surface area contributed by atoms with Gasteiger partial charge in [-0.25, -0.2) is 9.37 Å². The number of hydrogen-bond donors (Lipinski definition) is 1. The van der Waals surface area contributed by atoms with E-state index in [9.17, 15) is 4.39 Å². The first-order chi connectivity index (χ1) is 9.63. The van der Waals surface area contributed by atoms with Crippen LogP contribution in [0.1, 0.15) is 12.0 Å². The van der Waals surface area contributed by atoms with Gasteiger partial charge in [-0.2, -0.15) is 0 Å². The molecule has 0 amide bonds. The first kappa shape index (κ1) is 14.7. The van der Waals surface area contributed by atoms with Crippen molar-refractivity contribution in [3.05, 3.63) is 23.5 Å². The highest BCUT2D eigenvalue weighted by Gasteiger charge is 2.10. The lowest BCUT2D eigenvalue weighted by molar-refractivity contribution is 0.0682. The zero-order valence-corrected chi connectivity index (χ0v) is 11.9. The normalized spacial score (nSPS) is 11.3. The molecule has 0 saturated carbocycles. The number of ether oxygens (including phenoxy) is 2. The predicted octanol–water partition coefficient (Wildman–Crippen LogP) is 2.12. The van der Waals surface area contributed by atoms with Crippen LogP contribution in [0.15, 0.2) is 12.1 Å². The summed E-state index contributed by atoms with van der Waals surface area (Å²) in [5, 5.41) is 0. The van der Waals surface area contributed by atoms with Crippen LogP contribution in [0.4, 0.5) is 10.3 Å². The van der Waals surface area contributed by atoms with Gasteiger partial charge in [0.15, 0.2) is 0 Å². The number of anilines is 1. The minimum absolute atomic E-state index is 0.259. The van der Waals surface area contributed by atoms with Crippen molar-refractivity contribution in [2.45, 2.75) is 19.9 Å². The van der Waals surface area contributed by atoms with Gasteiger partial charge >= 0.3 is 0 Å². The minimum atomic E-state index is -0.259. The molecule has 2 rings (SSSR count). The van der Waals surface area contributed by atoms with Crippen molar-refractivity contribution < 1.29 is 13.9 Å². The lowest BCUT2D eigenvalue weighted by Crippen LogP contribution is -2.08. The Morgan fingerprint density at radius 2 is 2.10 bits per heavy atom. The molecule has 6 heteroatoms. The van der Waals surface area contributed by atoms with Gasteiger partial charge in [-0.15, -0.1) is 0 Å². The molecule has 1 aromatic carbocycles. The van der Waals surface area contributed by atoms with Crippen molar-refractivity contribution in [1.29, 1.82) is 0 Å². The van der Waals surface area contributed by atoms with E-state index in [4.69, 9.17) is 15.2 Å². The third kappa shape index (κ3) is 3.26. The number of fused-ring (bicyclic) bond motifs is 1. The Labute approximate surface area is 117 Å². The predicted molar refractivity (Wildman–Crippen MR) is 76.2 cm³/mol. The number of nitrogens with two attached hydrogens (primary N) is 1. The molecule has 1 aromatic heterocycles. The molecule has 2 N–H and O–H groups in total. The molecule has 2 aromatic rings. The molecular weight excluding hydrogens is 261 g/mol. The Morgan fingerprint density at radius 1 is 1.30 bits per heavy atom. The average Bonchev–Trinajstić information content (AvgIpc) is 2.70. The Balaban J connectivity index is 2.02. The number of imidazole rings is 1. The summed E-state index contributed by atoms with van der Waals surface area (Å²) in [6, 6.07) is 3.20. The number of aryl methyl sites for hydroxylation is 2. The highest BCUT2D eigenvalue weighted by atomic mass is 19.1. The van der Waals surface area contributed by atoms with E-state index in [1.54, 1.807) is 20.1 Å². The second kappa shape index (κ2) is 6.67. The van der Waals surface area contributed by atoms with Crippen molar-refractivity contribution in [3.8, 4) is 0 Å². The fraction of sp³-hybridized carbons (Fsp3) is 0.500. The van der Waals surface area contributed by atoms with E-state index in [0.717, 1.165) is 11.9 Å². The third-order valence-electron chi connectivity index (χ3n) is 3.16. The monoisotopic (exact) mass is 281 g/mol. The van der Waals surface area contributed by atoms with E-state index >= 15 is 0 Å². The molecule has 0 saturated heterocycles. The lowest BCUT2D eigenvalue weighted by Gasteiger charge is -2.07. The molecule has 20 heavy (non-hydrogen) atoms. The summed E-state index contributed by atoms with van der Waals surface area (Å²) in [4.78, 5) is 4.18. The number of methoxy groups -OCH3 is 1. The smallest absolute Gasteiger partial charge is 0.201 e. The van der Waals surface area contributed by atoms with Gasteiger partial charge in [0.05, 0.1) is 24.2 Å². The fourth-order valence-corrected chi connectivity index (χ4v) is 2.07. The van der Waals surface area contributed by atoms with Crippen LogP contribution in [-0.4, -0.2) is 36.5 Å². The first-order valence-corrected chi connectivity index (χ1v) is 6.62. The molecule has 0 bridgehead atoms. The molecule has 0 aliphatic heterocycles. The summed E-state index contributed by atoms with van der Waals surface area (Å²) in [6.07, 6.45) is 0.815. The molecule has 0 radical (unpaired) electrons. The minimum Gasteiger partial charge on any atom is -0.382 e. The van der Waals surface area contributed by atoms with Crippen LogP contribution >= 0.6 is 0 Å². The van der Waals surface area contributed by atoms with E-state index in [0.29, 0.717) is 43.4 Å². The van der Waals surface area contributed by atoms with Crippen LogP contribution in [0.3, 0.4) is 0 Å². The van der Waals surface area contributed by atoms with Crippen LogP contribution in [0.25, 0.3) is 11.0 Å². The SMILES string of the molecule is COCCOCCCn1c(N)nc2cc(F)c(C)cc21. The standard InChI is InChI=1S/C14H20FN3O2/c1-10-8-13-12(9-11(10)15)17-14(16)18(13)4-3-5-20-7-6-19-2/h8-9H,3-7H2,1-2H3,(H2,16,17). The van der Waals surface area contributed by atoms with Crippen molar-refractivity contribution in [2.75, 3.05) is 32.7 Å². The van der Waals surface area contributed by atoms with Gasteiger partial charge in [0.1, 0.15) is 5.82 Å². The van der Waals surface area contributed by atoms with Gasteiger partial charge in [0.2, 0.25) is 5.95 Å². The largest absolute Gasteiger partial charge is 0.382 e. The maximum absolute atomic E-state index is 13.5. The third-order valence-corrected chi connectivity index (χ3v) is 3.16. The fourth-order valence-electron chi connectivity index (χ4n) is 2.07. The van der Waals surface area contributed by atoms with E-state index in [1.165, 1.54) is 6.07 Å². The number of nitrogen functional groups attached to an aromatic ring is 1. The molecule has 110 valence electrons. The molecular formula is C14H20FN3O2. The van der Waals surface area contributed by atoms with Crippen LogP contribution < -0.4 is 5.73 Å². The van der Waals surface area contributed by atoms with Gasteiger partial charge in [0.25, 0.3) is 0 Å². The highest BCUT2D eigenvalue weighted by Crippen LogP contribution is 2.21. The van der Waals surface area contributed by atoms with Crippen LogP contribution in [-0.2, 0) is 16.0 Å². The molecule has 0 unspecified atom stereocenters. The Hall–Kier alpha value is -1.66. The summed E-state index contributed by atoms with van der Waals surface area (Å²) in [7, 11) is 1.64. The van der Waals surface area contributed by atoms with Crippen molar-refractivity contribution in [2.24, 2.45) is 0 Å². The molecule has 0 atom stereocenters. The molecule has 0 spiro atoms. The van der Waals surface area contributed by atoms with Gasteiger partial charge in [-0.1, -0.05) is 0 Å². The topological polar surface area (TPSA) is 62.3 Å². The summed E-state index contributed by atoms with van der Waals surface area (Å²) in [5.41, 5.74) is 7.93. The van der Waals surface area contributed by atoms with E-state index in [-0.39, 0.29) is 5.82 Å². The molecule has 1 heterocycles. The van der Waals surface area contributed by atoms with E-state index in [1.807, 2.05) is 4.57 Å². The van der Waals surface area contributed by atoms with Crippen LogP contribution in [0.2, 0.25) is 0 Å². The Bertz CT molecular complexity index is 583. The van der Waals surface area contributed by atoms with Gasteiger partial charge in [-0.05, 0) is 25.0 Å². The zero-order chi connectivity index (χ0) is 14.5. The maximum Gasteiger partial charge on any atom is 0.201 e.